The van der Waals surface area contributed by atoms with Crippen molar-refractivity contribution in [1.29, 1.82) is 0 Å². The van der Waals surface area contributed by atoms with Gasteiger partial charge in [-0.1, -0.05) is 36.4 Å². The number of rotatable bonds is 6. The molecule has 1 saturated heterocycles. The summed E-state index contributed by atoms with van der Waals surface area (Å²) in [6.07, 6.45) is 0. The van der Waals surface area contributed by atoms with E-state index in [0.29, 0.717) is 12.6 Å². The maximum atomic E-state index is 6.01. The first kappa shape index (κ1) is 16.8. The van der Waals surface area contributed by atoms with Crippen molar-refractivity contribution in [3.63, 3.8) is 0 Å². The van der Waals surface area contributed by atoms with Crippen LogP contribution in [0, 0.1) is 0 Å². The summed E-state index contributed by atoms with van der Waals surface area (Å²) in [4.78, 5) is 2.48. The number of methoxy groups -OCH3 is 1. The van der Waals surface area contributed by atoms with Crippen molar-refractivity contribution in [3.05, 3.63) is 59.7 Å². The van der Waals surface area contributed by atoms with Crippen LogP contribution in [0.2, 0.25) is 0 Å². The number of nitrogens with one attached hydrogen (secondary N) is 1. The minimum Gasteiger partial charge on any atom is -0.493 e. The first-order chi connectivity index (χ1) is 11.7. The van der Waals surface area contributed by atoms with E-state index in [1.807, 2.05) is 24.3 Å². The molecule has 0 spiro atoms. The van der Waals surface area contributed by atoms with Crippen LogP contribution in [0.3, 0.4) is 0 Å². The van der Waals surface area contributed by atoms with Gasteiger partial charge in [-0.15, -0.1) is 0 Å². The van der Waals surface area contributed by atoms with Crippen LogP contribution in [0.4, 0.5) is 0 Å². The number of nitrogens with zero attached hydrogens (tertiary/aromatic N) is 1. The first-order valence-electron chi connectivity index (χ1n) is 8.54. The van der Waals surface area contributed by atoms with Gasteiger partial charge in [0.2, 0.25) is 0 Å². The van der Waals surface area contributed by atoms with Crippen LogP contribution in [-0.4, -0.2) is 37.7 Å². The summed E-state index contributed by atoms with van der Waals surface area (Å²) in [6, 6.07) is 17.0. The Hall–Kier alpha value is -2.04. The molecule has 0 saturated carbocycles. The second kappa shape index (κ2) is 8.18. The fourth-order valence-corrected chi connectivity index (χ4v) is 3.08. The van der Waals surface area contributed by atoms with Crippen molar-refractivity contribution in [2.45, 2.75) is 26.1 Å². The lowest BCUT2D eigenvalue weighted by Crippen LogP contribution is -2.48. The molecule has 0 aromatic heterocycles. The van der Waals surface area contributed by atoms with Gasteiger partial charge < -0.3 is 14.8 Å². The van der Waals surface area contributed by atoms with Gasteiger partial charge in [-0.3, -0.25) is 4.90 Å². The third-order valence-electron chi connectivity index (χ3n) is 4.32. The Bertz CT molecular complexity index is 645. The SMILES string of the molecule is COc1ccc(CN2CCN[C@H](C)C2)cc1OCc1ccccc1. The Morgan fingerprint density at radius 1 is 1.08 bits per heavy atom. The van der Waals surface area contributed by atoms with Crippen LogP contribution in [0.1, 0.15) is 18.1 Å². The highest BCUT2D eigenvalue weighted by molar-refractivity contribution is 5.43. The Labute approximate surface area is 144 Å². The number of ether oxygens (including phenoxy) is 2. The Morgan fingerprint density at radius 3 is 2.67 bits per heavy atom. The minimum atomic E-state index is 0.547. The van der Waals surface area contributed by atoms with E-state index >= 15 is 0 Å². The quantitative estimate of drug-likeness (QED) is 0.884. The number of piperazine rings is 1. The molecule has 3 rings (SSSR count). The van der Waals surface area contributed by atoms with Crippen molar-refractivity contribution in [2.24, 2.45) is 0 Å². The number of hydrogen-bond acceptors (Lipinski definition) is 4. The normalized spacial score (nSPS) is 18.3. The van der Waals surface area contributed by atoms with Crippen LogP contribution >= 0.6 is 0 Å². The van der Waals surface area contributed by atoms with Crippen LogP contribution in [0.15, 0.2) is 48.5 Å². The highest BCUT2D eigenvalue weighted by atomic mass is 16.5. The molecule has 0 unspecified atom stereocenters. The highest BCUT2D eigenvalue weighted by Crippen LogP contribution is 2.29. The monoisotopic (exact) mass is 326 g/mol. The lowest BCUT2D eigenvalue weighted by atomic mass is 10.1. The maximum absolute atomic E-state index is 6.01. The van der Waals surface area contributed by atoms with Gasteiger partial charge in [0, 0.05) is 32.2 Å². The zero-order valence-electron chi connectivity index (χ0n) is 14.5. The van der Waals surface area contributed by atoms with E-state index in [2.05, 4.69) is 41.4 Å². The largest absolute Gasteiger partial charge is 0.493 e. The fourth-order valence-electron chi connectivity index (χ4n) is 3.08. The molecule has 2 aromatic carbocycles. The third-order valence-corrected chi connectivity index (χ3v) is 4.32. The molecule has 2 aromatic rings. The predicted molar refractivity (Wildman–Crippen MR) is 96.5 cm³/mol. The van der Waals surface area contributed by atoms with Gasteiger partial charge in [0.25, 0.3) is 0 Å². The van der Waals surface area contributed by atoms with Crippen molar-refractivity contribution in [1.82, 2.24) is 10.2 Å². The molecular formula is C20H26N2O2. The van der Waals surface area contributed by atoms with Gasteiger partial charge in [-0.2, -0.15) is 0 Å². The van der Waals surface area contributed by atoms with E-state index in [-0.39, 0.29) is 0 Å². The van der Waals surface area contributed by atoms with E-state index in [9.17, 15) is 0 Å². The average molecular weight is 326 g/mol. The molecule has 4 heteroatoms. The summed E-state index contributed by atoms with van der Waals surface area (Å²) in [5.41, 5.74) is 2.41. The first-order valence-corrected chi connectivity index (χ1v) is 8.54. The molecule has 0 amide bonds. The Kier molecular flexibility index (Phi) is 5.72. The minimum absolute atomic E-state index is 0.547. The molecule has 4 nitrogen and oxygen atoms in total. The molecule has 24 heavy (non-hydrogen) atoms. The molecule has 0 bridgehead atoms. The smallest absolute Gasteiger partial charge is 0.161 e. The third kappa shape index (κ3) is 4.49. The molecule has 1 aliphatic rings. The molecule has 1 heterocycles. The molecule has 1 fully saturated rings. The van der Waals surface area contributed by atoms with Crippen molar-refractivity contribution < 1.29 is 9.47 Å². The van der Waals surface area contributed by atoms with E-state index < -0.39 is 0 Å². The van der Waals surface area contributed by atoms with Gasteiger partial charge in [-0.05, 0) is 30.2 Å². The molecular weight excluding hydrogens is 300 g/mol. The summed E-state index contributed by atoms with van der Waals surface area (Å²) in [6.45, 7) is 6.93. The lowest BCUT2D eigenvalue weighted by Gasteiger charge is -2.31. The zero-order chi connectivity index (χ0) is 16.8. The maximum Gasteiger partial charge on any atom is 0.161 e. The topological polar surface area (TPSA) is 33.7 Å². The summed E-state index contributed by atoms with van der Waals surface area (Å²) in [7, 11) is 1.68. The van der Waals surface area contributed by atoms with E-state index in [0.717, 1.165) is 43.2 Å². The highest BCUT2D eigenvalue weighted by Gasteiger charge is 2.16. The molecule has 1 aliphatic heterocycles. The molecule has 1 atom stereocenters. The molecule has 128 valence electrons. The van der Waals surface area contributed by atoms with E-state index in [1.54, 1.807) is 7.11 Å². The second-order valence-electron chi connectivity index (χ2n) is 6.35. The molecule has 0 radical (unpaired) electrons. The van der Waals surface area contributed by atoms with Crippen LogP contribution in [-0.2, 0) is 13.2 Å². The van der Waals surface area contributed by atoms with Gasteiger partial charge in [0.05, 0.1) is 7.11 Å². The van der Waals surface area contributed by atoms with Gasteiger partial charge in [0.1, 0.15) is 6.61 Å². The Morgan fingerprint density at radius 2 is 1.92 bits per heavy atom. The van der Waals surface area contributed by atoms with E-state index in [4.69, 9.17) is 9.47 Å². The predicted octanol–water partition coefficient (Wildman–Crippen LogP) is 3.07. The standard InChI is InChI=1S/C20H26N2O2/c1-16-13-22(11-10-21-16)14-18-8-9-19(23-2)20(12-18)24-15-17-6-4-3-5-7-17/h3-9,12,16,21H,10-11,13-15H2,1-2H3/t16-/m1/s1. The van der Waals surface area contributed by atoms with Crippen LogP contribution < -0.4 is 14.8 Å². The van der Waals surface area contributed by atoms with Crippen LogP contribution in [0.5, 0.6) is 11.5 Å². The van der Waals surface area contributed by atoms with Crippen molar-refractivity contribution in [2.75, 3.05) is 26.7 Å². The van der Waals surface area contributed by atoms with Gasteiger partial charge >= 0.3 is 0 Å². The second-order valence-corrected chi connectivity index (χ2v) is 6.35. The summed E-state index contributed by atoms with van der Waals surface area (Å²) in [5.74, 6) is 1.59. The summed E-state index contributed by atoms with van der Waals surface area (Å²) >= 11 is 0. The van der Waals surface area contributed by atoms with Crippen molar-refractivity contribution in [3.8, 4) is 11.5 Å². The van der Waals surface area contributed by atoms with Gasteiger partial charge in [0.15, 0.2) is 11.5 Å². The Balaban J connectivity index is 1.68. The van der Waals surface area contributed by atoms with Gasteiger partial charge in [-0.25, -0.2) is 0 Å². The zero-order valence-corrected chi connectivity index (χ0v) is 14.5. The average Bonchev–Trinajstić information content (AvgIpc) is 2.61. The van der Waals surface area contributed by atoms with Crippen LogP contribution in [0.25, 0.3) is 0 Å². The molecule has 0 aliphatic carbocycles. The van der Waals surface area contributed by atoms with E-state index in [1.165, 1.54) is 5.56 Å². The fraction of sp³-hybridized carbons (Fsp3) is 0.400. The number of benzene rings is 2. The number of hydrogen-bond donors (Lipinski definition) is 1. The molecule has 1 N–H and O–H groups in total. The summed E-state index contributed by atoms with van der Waals surface area (Å²) < 4.78 is 11.5. The van der Waals surface area contributed by atoms with Crippen molar-refractivity contribution >= 4 is 0 Å². The summed E-state index contributed by atoms with van der Waals surface area (Å²) in [5, 5.41) is 3.48. The lowest BCUT2D eigenvalue weighted by molar-refractivity contribution is 0.199.